The van der Waals surface area contributed by atoms with Crippen LogP contribution in [0.15, 0.2) is 61.3 Å². The van der Waals surface area contributed by atoms with Crippen LogP contribution in [0.1, 0.15) is 28.9 Å². The molecule has 1 unspecified atom stereocenters. The van der Waals surface area contributed by atoms with Crippen molar-refractivity contribution in [1.82, 2.24) is 19.9 Å². The maximum atomic E-state index is 12.5. The molecular weight excluding hydrogens is 314 g/mol. The normalized spacial score (nSPS) is 11.8. The molecule has 0 aliphatic rings. The lowest BCUT2D eigenvalue weighted by molar-refractivity contribution is 0.0940. The number of aromatic nitrogens is 3. The number of pyridine rings is 1. The molecule has 0 spiro atoms. The van der Waals surface area contributed by atoms with Gasteiger partial charge in [-0.3, -0.25) is 4.79 Å². The molecule has 0 radical (unpaired) electrons. The maximum absolute atomic E-state index is 12.5. The fraction of sp³-hybridized carbons (Fsp3) is 0.211. The third-order valence-corrected chi connectivity index (χ3v) is 4.01. The van der Waals surface area contributed by atoms with Crippen molar-refractivity contribution in [3.05, 3.63) is 72.4 Å². The summed E-state index contributed by atoms with van der Waals surface area (Å²) in [6, 6.07) is 11.4. The van der Waals surface area contributed by atoms with Crippen molar-refractivity contribution in [2.45, 2.75) is 13.0 Å². The Kier molecular flexibility index (Phi) is 4.79. The number of benzene rings is 1. The first kappa shape index (κ1) is 16.7. The van der Waals surface area contributed by atoms with Crippen LogP contribution in [-0.4, -0.2) is 34.5 Å². The topological polar surface area (TPSA) is 63.1 Å². The van der Waals surface area contributed by atoms with Crippen molar-refractivity contribution in [3.8, 4) is 5.69 Å². The first-order chi connectivity index (χ1) is 12.0. The predicted molar refractivity (Wildman–Crippen MR) is 98.0 cm³/mol. The second-order valence-corrected chi connectivity index (χ2v) is 6.05. The van der Waals surface area contributed by atoms with Gasteiger partial charge in [-0.15, -0.1) is 0 Å². The van der Waals surface area contributed by atoms with Crippen molar-refractivity contribution in [2.24, 2.45) is 0 Å². The Morgan fingerprint density at radius 3 is 2.56 bits per heavy atom. The van der Waals surface area contributed by atoms with E-state index in [4.69, 9.17) is 0 Å². The van der Waals surface area contributed by atoms with E-state index in [0.29, 0.717) is 5.56 Å². The standard InChI is InChI=1S/C19H21N5O/c1-14(15-4-6-17(7-5-15)24-11-10-20-13-24)22-19(25)16-8-9-21-18(12-16)23(2)3/h4-14H,1-3H3,(H,22,25). The molecule has 6 nitrogen and oxygen atoms in total. The number of imidazole rings is 1. The Labute approximate surface area is 147 Å². The Bertz CT molecular complexity index is 841. The smallest absolute Gasteiger partial charge is 0.251 e. The number of nitrogens with zero attached hydrogens (tertiary/aromatic N) is 4. The van der Waals surface area contributed by atoms with Gasteiger partial charge >= 0.3 is 0 Å². The molecule has 1 amide bonds. The first-order valence-electron chi connectivity index (χ1n) is 8.07. The summed E-state index contributed by atoms with van der Waals surface area (Å²) in [5.41, 5.74) is 2.67. The van der Waals surface area contributed by atoms with Crippen LogP contribution in [0.3, 0.4) is 0 Å². The van der Waals surface area contributed by atoms with Gasteiger partial charge in [-0.1, -0.05) is 12.1 Å². The predicted octanol–water partition coefficient (Wildman–Crippen LogP) is 2.82. The van der Waals surface area contributed by atoms with Crippen molar-refractivity contribution in [2.75, 3.05) is 19.0 Å². The van der Waals surface area contributed by atoms with Gasteiger partial charge in [-0.2, -0.15) is 0 Å². The molecule has 2 aromatic heterocycles. The van der Waals surface area contributed by atoms with Crippen LogP contribution in [0.25, 0.3) is 5.69 Å². The minimum Gasteiger partial charge on any atom is -0.363 e. The summed E-state index contributed by atoms with van der Waals surface area (Å²) < 4.78 is 1.94. The molecule has 0 aliphatic heterocycles. The Hall–Kier alpha value is -3.15. The Morgan fingerprint density at radius 1 is 1.16 bits per heavy atom. The lowest BCUT2D eigenvalue weighted by atomic mass is 10.1. The van der Waals surface area contributed by atoms with Crippen molar-refractivity contribution >= 4 is 11.7 Å². The molecule has 0 saturated carbocycles. The molecule has 128 valence electrons. The van der Waals surface area contributed by atoms with Crippen LogP contribution in [0.5, 0.6) is 0 Å². The average Bonchev–Trinajstić information content (AvgIpc) is 3.16. The molecule has 0 saturated heterocycles. The molecule has 1 aromatic carbocycles. The highest BCUT2D eigenvalue weighted by atomic mass is 16.1. The van der Waals surface area contributed by atoms with E-state index >= 15 is 0 Å². The van der Waals surface area contributed by atoms with Gasteiger partial charge in [-0.05, 0) is 36.8 Å². The van der Waals surface area contributed by atoms with Crippen molar-refractivity contribution < 1.29 is 4.79 Å². The molecule has 6 heteroatoms. The number of hydrogen-bond donors (Lipinski definition) is 1. The fourth-order valence-corrected chi connectivity index (χ4v) is 2.51. The van der Waals surface area contributed by atoms with E-state index in [1.807, 2.05) is 60.9 Å². The zero-order valence-corrected chi connectivity index (χ0v) is 14.5. The largest absolute Gasteiger partial charge is 0.363 e. The molecule has 3 aromatic rings. The van der Waals surface area contributed by atoms with E-state index in [0.717, 1.165) is 17.1 Å². The van der Waals surface area contributed by atoms with Gasteiger partial charge in [0, 0.05) is 43.9 Å². The number of carbonyl (C=O) groups excluding carboxylic acids is 1. The Balaban J connectivity index is 1.70. The number of hydrogen-bond acceptors (Lipinski definition) is 4. The molecular formula is C19H21N5O. The third kappa shape index (κ3) is 3.85. The van der Waals surface area contributed by atoms with Crippen LogP contribution in [0, 0.1) is 0 Å². The molecule has 25 heavy (non-hydrogen) atoms. The summed E-state index contributed by atoms with van der Waals surface area (Å²) in [6.07, 6.45) is 7.04. The number of anilines is 1. The average molecular weight is 335 g/mol. The zero-order valence-electron chi connectivity index (χ0n) is 14.5. The summed E-state index contributed by atoms with van der Waals surface area (Å²) in [6.45, 7) is 1.97. The molecule has 3 rings (SSSR count). The van der Waals surface area contributed by atoms with Crippen LogP contribution in [0.4, 0.5) is 5.82 Å². The van der Waals surface area contributed by atoms with Gasteiger partial charge < -0.3 is 14.8 Å². The lowest BCUT2D eigenvalue weighted by Gasteiger charge is -2.16. The maximum Gasteiger partial charge on any atom is 0.251 e. The van der Waals surface area contributed by atoms with E-state index in [1.54, 1.807) is 30.9 Å². The summed E-state index contributed by atoms with van der Waals surface area (Å²) >= 11 is 0. The lowest BCUT2D eigenvalue weighted by Crippen LogP contribution is -2.27. The second-order valence-electron chi connectivity index (χ2n) is 6.05. The third-order valence-electron chi connectivity index (χ3n) is 4.01. The highest BCUT2D eigenvalue weighted by Crippen LogP contribution is 2.17. The zero-order chi connectivity index (χ0) is 17.8. The SMILES string of the molecule is CC(NC(=O)c1ccnc(N(C)C)c1)c1ccc(-n2ccnc2)cc1. The molecule has 0 bridgehead atoms. The van der Waals surface area contributed by atoms with Gasteiger partial charge in [0.1, 0.15) is 5.82 Å². The second kappa shape index (κ2) is 7.17. The summed E-state index contributed by atoms with van der Waals surface area (Å²) in [5.74, 6) is 0.640. The Morgan fingerprint density at radius 2 is 1.92 bits per heavy atom. The van der Waals surface area contributed by atoms with E-state index in [2.05, 4.69) is 15.3 Å². The van der Waals surface area contributed by atoms with E-state index in [9.17, 15) is 4.79 Å². The summed E-state index contributed by atoms with van der Waals surface area (Å²) in [4.78, 5) is 22.6. The quantitative estimate of drug-likeness (QED) is 0.779. The first-order valence-corrected chi connectivity index (χ1v) is 8.07. The van der Waals surface area contributed by atoms with Gasteiger partial charge in [0.25, 0.3) is 5.91 Å². The number of rotatable bonds is 5. The molecule has 1 atom stereocenters. The monoisotopic (exact) mass is 335 g/mol. The van der Waals surface area contributed by atoms with Gasteiger partial charge in [0.15, 0.2) is 0 Å². The highest BCUT2D eigenvalue weighted by Gasteiger charge is 2.13. The molecule has 1 N–H and O–H groups in total. The number of amides is 1. The fourth-order valence-electron chi connectivity index (χ4n) is 2.51. The van der Waals surface area contributed by atoms with Crippen LogP contribution >= 0.6 is 0 Å². The van der Waals surface area contributed by atoms with Crippen LogP contribution in [0.2, 0.25) is 0 Å². The molecule has 0 fully saturated rings. The van der Waals surface area contributed by atoms with Crippen molar-refractivity contribution in [1.29, 1.82) is 0 Å². The summed E-state index contributed by atoms with van der Waals surface area (Å²) in [5, 5.41) is 3.03. The van der Waals surface area contributed by atoms with Crippen molar-refractivity contribution in [3.63, 3.8) is 0 Å². The number of nitrogens with one attached hydrogen (secondary N) is 1. The van der Waals surface area contributed by atoms with E-state index in [-0.39, 0.29) is 11.9 Å². The minimum atomic E-state index is -0.114. The molecule has 2 heterocycles. The summed E-state index contributed by atoms with van der Waals surface area (Å²) in [7, 11) is 3.79. The molecule has 0 aliphatic carbocycles. The van der Waals surface area contributed by atoms with Gasteiger partial charge in [0.2, 0.25) is 0 Å². The van der Waals surface area contributed by atoms with E-state index < -0.39 is 0 Å². The number of carbonyl (C=O) groups is 1. The van der Waals surface area contributed by atoms with Gasteiger partial charge in [0.05, 0.1) is 12.4 Å². The highest BCUT2D eigenvalue weighted by molar-refractivity contribution is 5.95. The minimum absolute atomic E-state index is 0.0969. The van der Waals surface area contributed by atoms with Gasteiger partial charge in [-0.25, -0.2) is 9.97 Å². The van der Waals surface area contributed by atoms with E-state index in [1.165, 1.54) is 0 Å². The van der Waals surface area contributed by atoms with Crippen LogP contribution in [-0.2, 0) is 0 Å². The van der Waals surface area contributed by atoms with Crippen LogP contribution < -0.4 is 10.2 Å².